The van der Waals surface area contributed by atoms with Crippen LogP contribution in [0.5, 0.6) is 0 Å². The standard InChI is InChI=1S/C15H13BrN2O3/c1-9-6-11(16)8-12(7-9)17-15(19)14-10(2)4-3-5-13(14)18(20)21/h3-8H,1-2H3,(H,17,19). The molecular weight excluding hydrogens is 336 g/mol. The molecule has 2 aromatic carbocycles. The Morgan fingerprint density at radius 3 is 2.57 bits per heavy atom. The predicted octanol–water partition coefficient (Wildman–Crippen LogP) is 4.23. The number of carbonyl (C=O) groups excluding carboxylic acids is 1. The zero-order chi connectivity index (χ0) is 15.6. The molecule has 0 atom stereocenters. The highest BCUT2D eigenvalue weighted by molar-refractivity contribution is 9.10. The van der Waals surface area contributed by atoms with Gasteiger partial charge in [-0.1, -0.05) is 28.1 Å². The summed E-state index contributed by atoms with van der Waals surface area (Å²) in [6.45, 7) is 3.57. The van der Waals surface area contributed by atoms with E-state index in [-0.39, 0.29) is 11.3 Å². The summed E-state index contributed by atoms with van der Waals surface area (Å²) in [6.07, 6.45) is 0. The van der Waals surface area contributed by atoms with E-state index in [0.29, 0.717) is 11.3 Å². The van der Waals surface area contributed by atoms with E-state index in [9.17, 15) is 14.9 Å². The highest BCUT2D eigenvalue weighted by Crippen LogP contribution is 2.24. The minimum atomic E-state index is -0.548. The fraction of sp³-hybridized carbons (Fsp3) is 0.133. The second-order valence-electron chi connectivity index (χ2n) is 4.70. The number of anilines is 1. The van der Waals surface area contributed by atoms with Gasteiger partial charge in [-0.05, 0) is 43.2 Å². The van der Waals surface area contributed by atoms with Crippen LogP contribution >= 0.6 is 15.9 Å². The number of halogens is 1. The molecule has 0 fully saturated rings. The van der Waals surface area contributed by atoms with Crippen molar-refractivity contribution >= 4 is 33.2 Å². The molecule has 0 aliphatic rings. The van der Waals surface area contributed by atoms with Crippen molar-refractivity contribution in [2.75, 3.05) is 5.32 Å². The van der Waals surface area contributed by atoms with Gasteiger partial charge >= 0.3 is 0 Å². The Bertz CT molecular complexity index is 709. The van der Waals surface area contributed by atoms with Gasteiger partial charge in [0.15, 0.2) is 0 Å². The first kappa shape index (κ1) is 15.2. The lowest BCUT2D eigenvalue weighted by Crippen LogP contribution is -2.15. The third-order valence-corrected chi connectivity index (χ3v) is 3.43. The van der Waals surface area contributed by atoms with Crippen LogP contribution < -0.4 is 5.32 Å². The smallest absolute Gasteiger partial charge is 0.282 e. The van der Waals surface area contributed by atoms with Gasteiger partial charge in [0.1, 0.15) is 5.56 Å². The van der Waals surface area contributed by atoms with Gasteiger partial charge in [-0.2, -0.15) is 0 Å². The first-order valence-electron chi connectivity index (χ1n) is 6.21. The molecule has 1 amide bonds. The molecule has 0 unspecified atom stereocenters. The number of nitro groups is 1. The number of nitrogens with zero attached hydrogens (tertiary/aromatic N) is 1. The van der Waals surface area contributed by atoms with Gasteiger partial charge in [0.05, 0.1) is 4.92 Å². The van der Waals surface area contributed by atoms with E-state index < -0.39 is 10.8 Å². The van der Waals surface area contributed by atoms with E-state index in [2.05, 4.69) is 21.2 Å². The van der Waals surface area contributed by atoms with Crippen molar-refractivity contribution in [3.05, 3.63) is 67.7 Å². The quantitative estimate of drug-likeness (QED) is 0.666. The number of hydrogen-bond donors (Lipinski definition) is 1. The van der Waals surface area contributed by atoms with Gasteiger partial charge in [0, 0.05) is 16.2 Å². The van der Waals surface area contributed by atoms with E-state index in [1.165, 1.54) is 6.07 Å². The molecule has 108 valence electrons. The van der Waals surface area contributed by atoms with Crippen LogP contribution in [-0.4, -0.2) is 10.8 Å². The normalized spacial score (nSPS) is 10.2. The van der Waals surface area contributed by atoms with Crippen molar-refractivity contribution < 1.29 is 9.72 Å². The summed E-state index contributed by atoms with van der Waals surface area (Å²) in [4.78, 5) is 22.9. The Hall–Kier alpha value is -2.21. The third kappa shape index (κ3) is 3.46. The van der Waals surface area contributed by atoms with E-state index in [4.69, 9.17) is 0 Å². The average molecular weight is 349 g/mol. The number of carbonyl (C=O) groups is 1. The van der Waals surface area contributed by atoms with Crippen molar-refractivity contribution in [2.45, 2.75) is 13.8 Å². The number of nitro benzene ring substituents is 1. The van der Waals surface area contributed by atoms with Crippen molar-refractivity contribution in [1.29, 1.82) is 0 Å². The summed E-state index contributed by atoms with van der Waals surface area (Å²) in [7, 11) is 0. The largest absolute Gasteiger partial charge is 0.322 e. The van der Waals surface area contributed by atoms with E-state index in [1.807, 2.05) is 13.0 Å². The number of hydrogen-bond acceptors (Lipinski definition) is 3. The Balaban J connectivity index is 2.39. The third-order valence-electron chi connectivity index (χ3n) is 2.97. The summed E-state index contributed by atoms with van der Waals surface area (Å²) in [5, 5.41) is 13.8. The highest BCUT2D eigenvalue weighted by atomic mass is 79.9. The molecule has 6 heteroatoms. The zero-order valence-corrected chi connectivity index (χ0v) is 13.1. The van der Waals surface area contributed by atoms with Crippen LogP contribution in [0.2, 0.25) is 0 Å². The molecule has 0 radical (unpaired) electrons. The Morgan fingerprint density at radius 2 is 1.95 bits per heavy atom. The summed E-state index contributed by atoms with van der Waals surface area (Å²) in [5.74, 6) is -0.489. The molecule has 0 saturated carbocycles. The Morgan fingerprint density at radius 1 is 1.24 bits per heavy atom. The van der Waals surface area contributed by atoms with Crippen molar-refractivity contribution in [2.24, 2.45) is 0 Å². The molecule has 2 rings (SSSR count). The molecule has 21 heavy (non-hydrogen) atoms. The fourth-order valence-electron chi connectivity index (χ4n) is 2.10. The highest BCUT2D eigenvalue weighted by Gasteiger charge is 2.22. The zero-order valence-electron chi connectivity index (χ0n) is 11.5. The SMILES string of the molecule is Cc1cc(Br)cc(NC(=O)c2c(C)cccc2[N+](=O)[O-])c1. The van der Waals surface area contributed by atoms with Crippen molar-refractivity contribution in [3.63, 3.8) is 0 Å². The average Bonchev–Trinajstić information content (AvgIpc) is 2.36. The summed E-state index contributed by atoms with van der Waals surface area (Å²) in [6, 6.07) is 10.0. The fourth-order valence-corrected chi connectivity index (χ4v) is 2.71. The molecule has 0 heterocycles. The molecular formula is C15H13BrN2O3. The second-order valence-corrected chi connectivity index (χ2v) is 5.61. The lowest BCUT2D eigenvalue weighted by atomic mass is 10.1. The molecule has 0 spiro atoms. The minimum absolute atomic E-state index is 0.0835. The van der Waals surface area contributed by atoms with Crippen LogP contribution in [-0.2, 0) is 0 Å². The molecule has 1 N–H and O–H groups in total. The predicted molar refractivity (Wildman–Crippen MR) is 84.7 cm³/mol. The number of amides is 1. The number of rotatable bonds is 3. The molecule has 0 aromatic heterocycles. The van der Waals surface area contributed by atoms with E-state index in [1.54, 1.807) is 31.2 Å². The van der Waals surface area contributed by atoms with Gasteiger partial charge in [-0.25, -0.2) is 0 Å². The minimum Gasteiger partial charge on any atom is -0.322 e. The maximum absolute atomic E-state index is 12.4. The van der Waals surface area contributed by atoms with Crippen LogP contribution in [0.25, 0.3) is 0 Å². The Kier molecular flexibility index (Phi) is 4.37. The molecule has 0 saturated heterocycles. The molecule has 5 nitrogen and oxygen atoms in total. The van der Waals surface area contributed by atoms with Crippen molar-refractivity contribution in [1.82, 2.24) is 0 Å². The lowest BCUT2D eigenvalue weighted by molar-refractivity contribution is -0.385. The van der Waals surface area contributed by atoms with Crippen LogP contribution in [0.4, 0.5) is 11.4 Å². The van der Waals surface area contributed by atoms with Crippen LogP contribution in [0, 0.1) is 24.0 Å². The lowest BCUT2D eigenvalue weighted by Gasteiger charge is -2.09. The number of benzene rings is 2. The van der Waals surface area contributed by atoms with Gasteiger partial charge in [-0.3, -0.25) is 14.9 Å². The van der Waals surface area contributed by atoms with Crippen LogP contribution in [0.3, 0.4) is 0 Å². The molecule has 0 bridgehead atoms. The monoisotopic (exact) mass is 348 g/mol. The van der Waals surface area contributed by atoms with Gasteiger partial charge in [0.25, 0.3) is 11.6 Å². The summed E-state index contributed by atoms with van der Waals surface area (Å²) in [5.41, 5.74) is 2.01. The summed E-state index contributed by atoms with van der Waals surface area (Å²) >= 11 is 3.35. The first-order chi connectivity index (χ1) is 9.88. The Labute approximate surface area is 130 Å². The molecule has 0 aliphatic heterocycles. The van der Waals surface area contributed by atoms with E-state index in [0.717, 1.165) is 10.0 Å². The van der Waals surface area contributed by atoms with Crippen molar-refractivity contribution in [3.8, 4) is 0 Å². The molecule has 2 aromatic rings. The topological polar surface area (TPSA) is 72.2 Å². The van der Waals surface area contributed by atoms with Gasteiger partial charge in [0.2, 0.25) is 0 Å². The maximum Gasteiger partial charge on any atom is 0.282 e. The number of nitrogens with one attached hydrogen (secondary N) is 1. The van der Waals surface area contributed by atoms with Crippen LogP contribution in [0.15, 0.2) is 40.9 Å². The second kappa shape index (κ2) is 6.05. The van der Waals surface area contributed by atoms with Gasteiger partial charge in [-0.15, -0.1) is 0 Å². The van der Waals surface area contributed by atoms with E-state index >= 15 is 0 Å². The maximum atomic E-state index is 12.4. The van der Waals surface area contributed by atoms with Crippen LogP contribution in [0.1, 0.15) is 21.5 Å². The number of aryl methyl sites for hydroxylation is 2. The first-order valence-corrected chi connectivity index (χ1v) is 7.00. The summed E-state index contributed by atoms with van der Waals surface area (Å²) < 4.78 is 0.831. The molecule has 0 aliphatic carbocycles. The van der Waals surface area contributed by atoms with Gasteiger partial charge < -0.3 is 5.32 Å².